The van der Waals surface area contributed by atoms with E-state index in [4.69, 9.17) is 23.7 Å². The van der Waals surface area contributed by atoms with Crippen LogP contribution in [0.2, 0.25) is 0 Å². The smallest absolute Gasteiger partial charge is 0.227 e. The second-order valence-corrected chi connectivity index (χ2v) is 27.0. The highest BCUT2D eigenvalue weighted by Crippen LogP contribution is 2.44. The predicted octanol–water partition coefficient (Wildman–Crippen LogP) is 20.8. The molecule has 0 radical (unpaired) electrons. The summed E-state index contributed by atoms with van der Waals surface area (Å²) in [7, 11) is 6.25. The van der Waals surface area contributed by atoms with Crippen molar-refractivity contribution >= 4 is 110 Å². The van der Waals surface area contributed by atoms with Crippen LogP contribution in [0.4, 0.5) is 0 Å². The Bertz CT molecular complexity index is 5980. The Kier molecular flexibility index (Phi) is 14.9. The highest BCUT2D eigenvalue weighted by Gasteiger charge is 2.29. The van der Waals surface area contributed by atoms with Crippen molar-refractivity contribution in [3.8, 4) is 33.8 Å². The number of furan rings is 3. The van der Waals surface area contributed by atoms with Gasteiger partial charge in [0.25, 0.3) is 0 Å². The maximum absolute atomic E-state index is 8.74. The molecule has 0 atom stereocenters. The van der Waals surface area contributed by atoms with Gasteiger partial charge in [0.15, 0.2) is 16.7 Å². The van der Waals surface area contributed by atoms with Crippen LogP contribution in [0.1, 0.15) is 103 Å². The van der Waals surface area contributed by atoms with Gasteiger partial charge in [-0.2, -0.15) is 13.7 Å². The molecule has 7 aromatic carbocycles. The van der Waals surface area contributed by atoms with Crippen LogP contribution in [0.15, 0.2) is 183 Å². The number of benzene rings is 7. The molecule has 0 amide bonds. The lowest BCUT2D eigenvalue weighted by Gasteiger charge is -2.13. The first-order chi connectivity index (χ1) is 47.2. The summed E-state index contributed by atoms with van der Waals surface area (Å²) in [5.41, 5.74) is 24.7. The van der Waals surface area contributed by atoms with Gasteiger partial charge in [0.05, 0.1) is 16.7 Å². The van der Waals surface area contributed by atoms with E-state index in [1.165, 1.54) is 33.0 Å². The number of aromatic nitrogens is 6. The minimum atomic E-state index is -1.43. The Balaban J connectivity index is 0.000000127. The Labute approximate surface area is 562 Å². The van der Waals surface area contributed by atoms with Gasteiger partial charge >= 0.3 is 0 Å². The number of pyridine rings is 6. The van der Waals surface area contributed by atoms with Crippen LogP contribution >= 0.6 is 0 Å². The third kappa shape index (κ3) is 11.0. The SMILES string of the molecule is Cc1ccc2c(n1)oc1c(-c3ccc4c(CC(C)C)cccc4[n+]3C)c(C)c(C)cc12.[2H]C([2H])(c1cccc2c1ccc(-c1c(C)c3ccccc3c3c1oc1nc(C)ccc13)[n+]2C)C(C)C.[2H]C([2H])(c1cccc2c1ccc(-c1c(C)ccc3c1oc1nc(C)ccc13)[n+]2C)C(C)C. The van der Waals surface area contributed by atoms with Gasteiger partial charge in [-0.3, -0.25) is 0 Å². The van der Waals surface area contributed by atoms with Crippen molar-refractivity contribution in [3.63, 3.8) is 0 Å². The Hall–Kier alpha value is -10.1. The Morgan fingerprint density at radius 3 is 1.27 bits per heavy atom. The number of hydrogen-bond acceptors (Lipinski definition) is 6. The second kappa shape index (κ2) is 24.7. The van der Waals surface area contributed by atoms with Gasteiger partial charge in [-0.1, -0.05) is 114 Å². The molecule has 16 aromatic rings. The summed E-state index contributed by atoms with van der Waals surface area (Å²) in [5, 5.41) is 11.9. The Morgan fingerprint density at radius 1 is 0.347 bits per heavy atom. The zero-order chi connectivity index (χ0) is 70.0. The zero-order valence-corrected chi connectivity index (χ0v) is 57.5. The van der Waals surface area contributed by atoms with Gasteiger partial charge in [0.1, 0.15) is 21.1 Å². The lowest BCUT2D eigenvalue weighted by molar-refractivity contribution is -0.633. The maximum atomic E-state index is 8.74. The van der Waals surface area contributed by atoms with E-state index in [9.17, 15) is 0 Å². The molecule has 0 aliphatic rings. The highest BCUT2D eigenvalue weighted by molar-refractivity contribution is 6.23. The largest absolute Gasteiger partial charge is 0.437 e. The molecule has 0 saturated heterocycles. The van der Waals surface area contributed by atoms with Gasteiger partial charge in [-0.25, -0.2) is 15.0 Å². The van der Waals surface area contributed by atoms with Gasteiger partial charge in [0, 0.05) is 107 Å². The van der Waals surface area contributed by atoms with Crippen LogP contribution < -0.4 is 13.7 Å². The minimum absolute atomic E-state index is 0.124. The minimum Gasteiger partial charge on any atom is -0.437 e. The average molecular weight is 1250 g/mol. The average Bonchev–Trinajstić information content (AvgIpc) is 1.66. The topological polar surface area (TPSA) is 89.7 Å². The third-order valence-corrected chi connectivity index (χ3v) is 19.1. The standard InChI is InChI=1S/C31H29N2O.C28H29N2O.C27H27N2O/c1-18(2)17-21-9-8-12-26-23(21)15-16-27(33(26)5)28-20(4)22-10-6-7-11-24(22)29-25-14-13-19(3)32-31(25)34-30(28)29;1-16(2)14-20-8-7-9-24-21(20)12-13-25(30(24)6)26-19(5)17(3)15-23-22-11-10-18(4)29-28(22)31-27(23)26;1-16(2)15-19-7-6-8-23-20(19)13-14-24(29(23)5)25-17(3)9-11-21-22-12-10-18(4)28-27(22)30-26(21)25/h6-16,18H,17H2,1-5H3;7-13,15-16H,14H2,1-6H3;6-14,16H,15H2,1-5H3/q3*+1/i17D2;;15D2. The molecule has 95 heavy (non-hydrogen) atoms. The molecule has 9 aromatic heterocycles. The van der Waals surface area contributed by atoms with E-state index in [1.54, 1.807) is 0 Å². The van der Waals surface area contributed by atoms with Crippen LogP contribution in [0.25, 0.3) is 143 Å². The maximum Gasteiger partial charge on any atom is 0.227 e. The van der Waals surface area contributed by atoms with Crippen molar-refractivity contribution in [1.82, 2.24) is 15.0 Å². The van der Waals surface area contributed by atoms with Crippen LogP contribution in [-0.4, -0.2) is 15.0 Å². The molecule has 9 heteroatoms. The van der Waals surface area contributed by atoms with Crippen molar-refractivity contribution in [3.05, 3.63) is 226 Å². The molecule has 0 saturated carbocycles. The van der Waals surface area contributed by atoms with Crippen molar-refractivity contribution in [1.29, 1.82) is 0 Å². The van der Waals surface area contributed by atoms with E-state index in [1.807, 2.05) is 98.0 Å². The van der Waals surface area contributed by atoms with Crippen molar-refractivity contribution in [2.75, 3.05) is 0 Å². The molecule has 0 aliphatic carbocycles. The number of rotatable bonds is 9. The first kappa shape index (κ1) is 57.5. The van der Waals surface area contributed by atoms with E-state index in [2.05, 4.69) is 207 Å². The van der Waals surface area contributed by atoms with Crippen molar-refractivity contribution in [2.24, 2.45) is 38.9 Å². The number of aryl methyl sites for hydroxylation is 9. The summed E-state index contributed by atoms with van der Waals surface area (Å²) in [6, 6.07) is 58.7. The van der Waals surface area contributed by atoms with E-state index in [0.717, 1.165) is 156 Å². The van der Waals surface area contributed by atoms with Gasteiger partial charge in [-0.05, 0) is 196 Å². The van der Waals surface area contributed by atoms with Crippen LogP contribution in [-0.2, 0) is 40.3 Å². The van der Waals surface area contributed by atoms with Crippen LogP contribution in [0.3, 0.4) is 0 Å². The molecule has 474 valence electrons. The predicted molar refractivity (Wildman–Crippen MR) is 393 cm³/mol. The molecule has 0 bridgehead atoms. The highest BCUT2D eigenvalue weighted by atomic mass is 16.3. The molecular formula is C86H85N6O3+3. The molecule has 0 N–H and O–H groups in total. The van der Waals surface area contributed by atoms with Gasteiger partial charge in [-0.15, -0.1) is 0 Å². The third-order valence-electron chi connectivity index (χ3n) is 19.1. The summed E-state index contributed by atoms with van der Waals surface area (Å²) >= 11 is 0. The lowest BCUT2D eigenvalue weighted by atomic mass is 9.92. The van der Waals surface area contributed by atoms with E-state index in [0.29, 0.717) is 23.1 Å². The van der Waals surface area contributed by atoms with Crippen LogP contribution in [0.5, 0.6) is 0 Å². The molecule has 9 heterocycles. The van der Waals surface area contributed by atoms with E-state index in [-0.39, 0.29) is 11.8 Å². The van der Waals surface area contributed by atoms with E-state index >= 15 is 0 Å². The Morgan fingerprint density at radius 2 is 0.758 bits per heavy atom. The van der Waals surface area contributed by atoms with Crippen molar-refractivity contribution < 1.29 is 32.4 Å². The summed E-state index contributed by atoms with van der Waals surface area (Å²) in [6.07, 6.45) is -1.76. The molecular weight excluding hydrogens is 1160 g/mol. The monoisotopic (exact) mass is 1250 g/mol. The molecule has 16 rings (SSSR count). The summed E-state index contributed by atoms with van der Waals surface area (Å²) in [4.78, 5) is 13.9. The zero-order valence-electron chi connectivity index (χ0n) is 61.5. The van der Waals surface area contributed by atoms with E-state index < -0.39 is 12.7 Å². The summed E-state index contributed by atoms with van der Waals surface area (Å²) < 4.78 is 60.6. The van der Waals surface area contributed by atoms with Gasteiger partial charge in [0.2, 0.25) is 50.8 Å². The van der Waals surface area contributed by atoms with Crippen LogP contribution in [0, 0.1) is 66.2 Å². The van der Waals surface area contributed by atoms with Crippen molar-refractivity contribution in [2.45, 2.75) is 109 Å². The summed E-state index contributed by atoms with van der Waals surface area (Å²) in [5.74, 6) is 0.364. The molecule has 0 spiro atoms. The first-order valence-corrected chi connectivity index (χ1v) is 33.3. The molecule has 0 unspecified atom stereocenters. The molecule has 0 aliphatic heterocycles. The quantitative estimate of drug-likeness (QED) is 0.134. The number of nitrogens with zero attached hydrogens (tertiary/aromatic N) is 6. The number of hydrogen-bond donors (Lipinski definition) is 0. The molecule has 0 fully saturated rings. The molecule has 9 nitrogen and oxygen atoms in total. The lowest BCUT2D eigenvalue weighted by Crippen LogP contribution is -2.32. The fourth-order valence-electron chi connectivity index (χ4n) is 14.4. The fourth-order valence-corrected chi connectivity index (χ4v) is 14.4. The van der Waals surface area contributed by atoms with Gasteiger partial charge < -0.3 is 13.3 Å². The summed E-state index contributed by atoms with van der Waals surface area (Å²) in [6.45, 7) is 26.8. The second-order valence-electron chi connectivity index (χ2n) is 27.0. The number of fused-ring (bicyclic) bond motifs is 14. The normalized spacial score (nSPS) is 12.9. The fraction of sp³-hybridized carbons (Fsp3) is 0.256. The first-order valence-electron chi connectivity index (χ1n) is 35.3.